The summed E-state index contributed by atoms with van der Waals surface area (Å²) in [5.41, 5.74) is 2.09. The molecular formula is C26H30N6O5S. The molecule has 0 aliphatic carbocycles. The van der Waals surface area contributed by atoms with Crippen LogP contribution in [0.15, 0.2) is 71.9 Å². The Kier molecular flexibility index (Phi) is 7.95. The largest absolute Gasteiger partial charge is 0.388 e. The van der Waals surface area contributed by atoms with Gasteiger partial charge in [0.1, 0.15) is 11.9 Å². The van der Waals surface area contributed by atoms with Gasteiger partial charge in [0.15, 0.2) is 23.2 Å². The predicted molar refractivity (Wildman–Crippen MR) is 141 cm³/mol. The molecule has 200 valence electrons. The van der Waals surface area contributed by atoms with Crippen molar-refractivity contribution in [3.05, 3.63) is 78.4 Å². The standard InChI is InChI=1S/C26H30N6O5S/c1-36-16-19-14-21(33)26(37-19)32-17-28-23-24(27-13-12-18-8-4-2-5-9-18)30-22(31-25(23)32)15-29-38(34,35)20-10-6-3-7-11-20/h2-11,17,19,21,26,29,33H,12-16H2,1H3,(H,27,30,31)/t19-,21+,26?/m0/s1. The minimum absolute atomic E-state index is 0.133. The number of imidazole rings is 1. The number of rotatable bonds is 11. The normalized spacial score (nSPS) is 19.7. The Morgan fingerprint density at radius 3 is 2.58 bits per heavy atom. The van der Waals surface area contributed by atoms with Crippen molar-refractivity contribution in [3.63, 3.8) is 0 Å². The fraction of sp³-hybridized carbons (Fsp3) is 0.346. The van der Waals surface area contributed by atoms with Gasteiger partial charge >= 0.3 is 0 Å². The Hall–Kier alpha value is -3.42. The van der Waals surface area contributed by atoms with Gasteiger partial charge in [-0.1, -0.05) is 48.5 Å². The first-order valence-corrected chi connectivity index (χ1v) is 13.8. The summed E-state index contributed by atoms with van der Waals surface area (Å²) in [7, 11) is -2.18. The number of hydrogen-bond acceptors (Lipinski definition) is 9. The Labute approximate surface area is 220 Å². The van der Waals surface area contributed by atoms with E-state index in [2.05, 4.69) is 25.0 Å². The summed E-state index contributed by atoms with van der Waals surface area (Å²) in [6.07, 6.45) is 0.974. The summed E-state index contributed by atoms with van der Waals surface area (Å²) < 4.78 is 41.0. The van der Waals surface area contributed by atoms with Gasteiger partial charge in [-0.15, -0.1) is 0 Å². The van der Waals surface area contributed by atoms with E-state index < -0.39 is 22.4 Å². The highest BCUT2D eigenvalue weighted by Crippen LogP contribution is 2.32. The minimum atomic E-state index is -3.76. The van der Waals surface area contributed by atoms with Gasteiger partial charge in [0.2, 0.25) is 10.0 Å². The summed E-state index contributed by atoms with van der Waals surface area (Å²) in [5, 5.41) is 14.0. The molecule has 38 heavy (non-hydrogen) atoms. The van der Waals surface area contributed by atoms with E-state index in [1.807, 2.05) is 30.3 Å². The Morgan fingerprint density at radius 2 is 1.84 bits per heavy atom. The third-order valence-electron chi connectivity index (χ3n) is 6.28. The van der Waals surface area contributed by atoms with Gasteiger partial charge in [0, 0.05) is 20.1 Å². The molecule has 5 rings (SSSR count). The number of aromatic nitrogens is 4. The third kappa shape index (κ3) is 5.84. The van der Waals surface area contributed by atoms with Crippen LogP contribution in [0.25, 0.3) is 11.2 Å². The van der Waals surface area contributed by atoms with Crippen molar-refractivity contribution in [2.45, 2.75) is 42.7 Å². The summed E-state index contributed by atoms with van der Waals surface area (Å²) in [4.78, 5) is 13.9. The number of anilines is 1. The van der Waals surface area contributed by atoms with Gasteiger partial charge in [0.05, 0.1) is 30.5 Å². The zero-order valence-corrected chi connectivity index (χ0v) is 21.7. The highest BCUT2D eigenvalue weighted by atomic mass is 32.2. The molecule has 1 aliphatic heterocycles. The van der Waals surface area contributed by atoms with Crippen molar-refractivity contribution >= 4 is 27.0 Å². The number of ether oxygens (including phenoxy) is 2. The van der Waals surface area contributed by atoms with Gasteiger partial charge in [-0.05, 0) is 24.1 Å². The lowest BCUT2D eigenvalue weighted by Crippen LogP contribution is -2.25. The van der Waals surface area contributed by atoms with Gasteiger partial charge in [-0.3, -0.25) is 4.57 Å². The van der Waals surface area contributed by atoms with E-state index in [0.29, 0.717) is 36.6 Å². The highest BCUT2D eigenvalue weighted by Gasteiger charge is 2.36. The van der Waals surface area contributed by atoms with Crippen LogP contribution in [0.1, 0.15) is 24.0 Å². The van der Waals surface area contributed by atoms with Crippen molar-refractivity contribution in [1.82, 2.24) is 24.2 Å². The second kappa shape index (κ2) is 11.5. The van der Waals surface area contributed by atoms with E-state index in [-0.39, 0.29) is 23.4 Å². The van der Waals surface area contributed by atoms with Crippen LogP contribution in [0, 0.1) is 0 Å². The monoisotopic (exact) mass is 538 g/mol. The zero-order valence-electron chi connectivity index (χ0n) is 20.9. The van der Waals surface area contributed by atoms with E-state index in [1.54, 1.807) is 36.2 Å². The number of hydrogen-bond donors (Lipinski definition) is 3. The van der Waals surface area contributed by atoms with Crippen LogP contribution in [0.2, 0.25) is 0 Å². The molecule has 0 bridgehead atoms. The van der Waals surface area contributed by atoms with Crippen LogP contribution in [0.4, 0.5) is 5.82 Å². The Bertz CT molecular complexity index is 1470. The molecule has 1 fully saturated rings. The van der Waals surface area contributed by atoms with Crippen molar-refractivity contribution in [2.24, 2.45) is 0 Å². The van der Waals surface area contributed by atoms with Gasteiger partial charge in [-0.25, -0.2) is 28.1 Å². The van der Waals surface area contributed by atoms with Crippen LogP contribution in [0.3, 0.4) is 0 Å². The summed E-state index contributed by atoms with van der Waals surface area (Å²) in [6.45, 7) is 0.802. The molecule has 0 spiro atoms. The lowest BCUT2D eigenvalue weighted by molar-refractivity contribution is -0.0541. The van der Waals surface area contributed by atoms with Gasteiger partial charge < -0.3 is 19.9 Å². The first-order valence-electron chi connectivity index (χ1n) is 12.3. The van der Waals surface area contributed by atoms with Crippen LogP contribution >= 0.6 is 0 Å². The van der Waals surface area contributed by atoms with Crippen molar-refractivity contribution in [3.8, 4) is 0 Å². The van der Waals surface area contributed by atoms with Crippen molar-refractivity contribution in [2.75, 3.05) is 25.6 Å². The van der Waals surface area contributed by atoms with Crippen molar-refractivity contribution in [1.29, 1.82) is 0 Å². The van der Waals surface area contributed by atoms with Crippen LogP contribution in [-0.4, -0.2) is 65.5 Å². The predicted octanol–water partition coefficient (Wildman–Crippen LogP) is 2.25. The quantitative estimate of drug-likeness (QED) is 0.262. The number of aliphatic hydroxyl groups is 1. The molecule has 4 aromatic rings. The Balaban J connectivity index is 1.43. The number of sulfonamides is 1. The number of benzene rings is 2. The highest BCUT2D eigenvalue weighted by molar-refractivity contribution is 7.89. The lowest BCUT2D eigenvalue weighted by atomic mass is 10.1. The fourth-order valence-corrected chi connectivity index (χ4v) is 5.44. The molecule has 1 saturated heterocycles. The number of nitrogens with zero attached hydrogens (tertiary/aromatic N) is 4. The molecule has 0 amide bonds. The molecule has 11 nitrogen and oxygen atoms in total. The summed E-state index contributed by atoms with van der Waals surface area (Å²) in [5.74, 6) is 0.724. The maximum Gasteiger partial charge on any atom is 0.240 e. The number of nitrogens with one attached hydrogen (secondary N) is 2. The van der Waals surface area contributed by atoms with Crippen molar-refractivity contribution < 1.29 is 23.0 Å². The maximum absolute atomic E-state index is 12.8. The maximum atomic E-state index is 12.8. The van der Waals surface area contributed by atoms with E-state index in [9.17, 15) is 13.5 Å². The average Bonchev–Trinajstić information content (AvgIpc) is 3.51. The topological polar surface area (TPSA) is 140 Å². The molecule has 1 unspecified atom stereocenters. The molecular weight excluding hydrogens is 508 g/mol. The summed E-state index contributed by atoms with van der Waals surface area (Å²) in [6, 6.07) is 18.2. The van der Waals surface area contributed by atoms with Crippen LogP contribution in [-0.2, 0) is 32.5 Å². The molecule has 3 atom stereocenters. The molecule has 3 N–H and O–H groups in total. The third-order valence-corrected chi connectivity index (χ3v) is 7.70. The lowest BCUT2D eigenvalue weighted by Gasteiger charge is -2.17. The van der Waals surface area contributed by atoms with Gasteiger partial charge in [0.25, 0.3) is 0 Å². The smallest absolute Gasteiger partial charge is 0.240 e. The Morgan fingerprint density at radius 1 is 1.11 bits per heavy atom. The molecule has 2 aromatic heterocycles. The number of fused-ring (bicyclic) bond motifs is 1. The van der Waals surface area contributed by atoms with E-state index in [4.69, 9.17) is 9.47 Å². The molecule has 3 heterocycles. The van der Waals surface area contributed by atoms with Gasteiger partial charge in [-0.2, -0.15) is 0 Å². The first kappa shape index (κ1) is 26.2. The van der Waals surface area contributed by atoms with E-state index >= 15 is 0 Å². The molecule has 0 radical (unpaired) electrons. The number of aliphatic hydroxyl groups excluding tert-OH is 1. The second-order valence-corrected chi connectivity index (χ2v) is 10.8. The second-order valence-electron chi connectivity index (χ2n) is 9.02. The van der Waals surface area contributed by atoms with E-state index in [1.165, 1.54) is 17.7 Å². The number of methoxy groups -OCH3 is 1. The summed E-state index contributed by atoms with van der Waals surface area (Å²) >= 11 is 0. The zero-order chi connectivity index (χ0) is 26.5. The molecule has 1 aliphatic rings. The minimum Gasteiger partial charge on any atom is -0.388 e. The molecule has 12 heteroatoms. The van der Waals surface area contributed by atoms with Crippen LogP contribution in [0.5, 0.6) is 0 Å². The fourth-order valence-electron chi connectivity index (χ4n) is 4.44. The molecule has 2 aromatic carbocycles. The van der Waals surface area contributed by atoms with E-state index in [0.717, 1.165) is 6.42 Å². The SMILES string of the molecule is COC[C@@H]1C[C@@H](O)C(n2cnc3c(NCCc4ccccc4)nc(CNS(=O)(=O)c4ccccc4)nc32)O1. The first-order chi connectivity index (χ1) is 18.4. The average molecular weight is 539 g/mol. The molecule has 0 saturated carbocycles. The van der Waals surface area contributed by atoms with Crippen LogP contribution < -0.4 is 10.0 Å².